The maximum absolute atomic E-state index is 11.5. The number of hydrogen-bond donors (Lipinski definition) is 0. The van der Waals surface area contributed by atoms with Gasteiger partial charge >= 0.3 is 0 Å². The number of rotatable bonds is 0. The van der Waals surface area contributed by atoms with Crippen molar-refractivity contribution in [2.24, 2.45) is 0 Å². The van der Waals surface area contributed by atoms with E-state index in [4.69, 9.17) is 0 Å². The Morgan fingerprint density at radius 2 is 1.83 bits per heavy atom. The molecule has 0 aromatic heterocycles. The Morgan fingerprint density at radius 3 is 2.33 bits per heavy atom. The summed E-state index contributed by atoms with van der Waals surface area (Å²) in [6.07, 6.45) is 8.18. The molecule has 2 bridgehead atoms. The standard InChI is InChI=1S/C9H15NOS/c1-12-9(11)10-7-3-2-4-8(10)6-5-7/h7-8H,2-6H2,1H3. The third-order valence-electron chi connectivity index (χ3n) is 3.08. The van der Waals surface area contributed by atoms with Gasteiger partial charge in [-0.05, 0) is 38.4 Å². The largest absolute Gasteiger partial charge is 0.328 e. The summed E-state index contributed by atoms with van der Waals surface area (Å²) in [5.74, 6) is 0. The van der Waals surface area contributed by atoms with Gasteiger partial charge in [0, 0.05) is 12.1 Å². The smallest absolute Gasteiger partial charge is 0.281 e. The lowest BCUT2D eigenvalue weighted by Gasteiger charge is -2.33. The molecule has 2 aliphatic heterocycles. The van der Waals surface area contributed by atoms with Gasteiger partial charge in [-0.1, -0.05) is 11.8 Å². The van der Waals surface area contributed by atoms with Crippen LogP contribution in [0.25, 0.3) is 0 Å². The van der Waals surface area contributed by atoms with Crippen LogP contribution in [0.5, 0.6) is 0 Å². The van der Waals surface area contributed by atoms with Crippen LogP contribution in [0.4, 0.5) is 4.79 Å². The van der Waals surface area contributed by atoms with Crippen LogP contribution < -0.4 is 0 Å². The van der Waals surface area contributed by atoms with Gasteiger partial charge in [0.15, 0.2) is 0 Å². The Hall–Kier alpha value is -0.180. The molecule has 0 saturated carbocycles. The zero-order chi connectivity index (χ0) is 8.55. The lowest BCUT2D eigenvalue weighted by molar-refractivity contribution is 0.169. The maximum atomic E-state index is 11.5. The molecule has 2 heterocycles. The first-order valence-corrected chi connectivity index (χ1v) is 5.91. The summed E-state index contributed by atoms with van der Waals surface area (Å²) in [7, 11) is 0. The van der Waals surface area contributed by atoms with Gasteiger partial charge in [-0.25, -0.2) is 0 Å². The molecule has 0 aliphatic carbocycles. The second kappa shape index (κ2) is 3.29. The molecule has 2 fully saturated rings. The highest BCUT2D eigenvalue weighted by molar-refractivity contribution is 8.12. The fourth-order valence-electron chi connectivity index (χ4n) is 2.52. The molecular formula is C9H15NOS. The Balaban J connectivity index is 2.10. The van der Waals surface area contributed by atoms with E-state index in [0.29, 0.717) is 17.3 Å². The van der Waals surface area contributed by atoms with E-state index >= 15 is 0 Å². The number of nitrogens with zero attached hydrogens (tertiary/aromatic N) is 1. The van der Waals surface area contributed by atoms with Crippen molar-refractivity contribution in [3.8, 4) is 0 Å². The topological polar surface area (TPSA) is 20.3 Å². The molecule has 68 valence electrons. The van der Waals surface area contributed by atoms with Crippen molar-refractivity contribution in [1.29, 1.82) is 0 Å². The molecule has 2 rings (SSSR count). The van der Waals surface area contributed by atoms with Crippen molar-refractivity contribution in [2.45, 2.75) is 44.2 Å². The van der Waals surface area contributed by atoms with E-state index in [-0.39, 0.29) is 0 Å². The van der Waals surface area contributed by atoms with Crippen LogP contribution in [0.2, 0.25) is 0 Å². The van der Waals surface area contributed by atoms with Crippen LogP contribution in [0, 0.1) is 0 Å². The highest BCUT2D eigenvalue weighted by atomic mass is 32.2. The predicted octanol–water partition coefficient (Wildman–Crippen LogP) is 2.49. The minimum absolute atomic E-state index is 0.294. The second-order valence-electron chi connectivity index (χ2n) is 3.69. The lowest BCUT2D eigenvalue weighted by Crippen LogP contribution is -2.41. The van der Waals surface area contributed by atoms with Gasteiger partial charge < -0.3 is 4.90 Å². The molecule has 0 spiro atoms. The lowest BCUT2D eigenvalue weighted by atomic mass is 10.0. The molecule has 0 aromatic rings. The Morgan fingerprint density at radius 1 is 1.25 bits per heavy atom. The van der Waals surface area contributed by atoms with E-state index in [2.05, 4.69) is 4.90 Å². The third-order valence-corrected chi connectivity index (χ3v) is 3.64. The van der Waals surface area contributed by atoms with Gasteiger partial charge in [0.2, 0.25) is 0 Å². The van der Waals surface area contributed by atoms with Crippen molar-refractivity contribution >= 4 is 17.0 Å². The number of carbonyl (C=O) groups is 1. The first-order chi connectivity index (χ1) is 5.83. The Kier molecular flexibility index (Phi) is 2.31. The molecule has 2 aliphatic rings. The summed E-state index contributed by atoms with van der Waals surface area (Å²) in [4.78, 5) is 13.6. The number of fused-ring (bicyclic) bond motifs is 2. The average molecular weight is 185 g/mol. The van der Waals surface area contributed by atoms with E-state index in [9.17, 15) is 4.79 Å². The van der Waals surface area contributed by atoms with E-state index in [1.807, 2.05) is 6.26 Å². The predicted molar refractivity (Wildman–Crippen MR) is 51.4 cm³/mol. The summed E-state index contributed by atoms with van der Waals surface area (Å²) in [5.41, 5.74) is 0. The zero-order valence-corrected chi connectivity index (χ0v) is 8.27. The molecule has 0 aromatic carbocycles. The van der Waals surface area contributed by atoms with E-state index in [1.165, 1.54) is 43.9 Å². The highest BCUT2D eigenvalue weighted by Crippen LogP contribution is 2.36. The molecule has 0 N–H and O–H groups in total. The van der Waals surface area contributed by atoms with E-state index in [1.54, 1.807) is 0 Å². The van der Waals surface area contributed by atoms with Crippen molar-refractivity contribution in [2.75, 3.05) is 6.26 Å². The fraction of sp³-hybridized carbons (Fsp3) is 0.889. The van der Waals surface area contributed by atoms with Gasteiger partial charge in [0.05, 0.1) is 0 Å². The third kappa shape index (κ3) is 1.24. The number of carbonyl (C=O) groups excluding carboxylic acids is 1. The normalized spacial score (nSPS) is 33.9. The SMILES string of the molecule is CSC(=O)N1C2CCCC1CC2. The van der Waals surface area contributed by atoms with E-state index < -0.39 is 0 Å². The molecule has 2 unspecified atom stereocenters. The van der Waals surface area contributed by atoms with Gasteiger partial charge in [0.1, 0.15) is 0 Å². The molecule has 2 saturated heterocycles. The molecular weight excluding hydrogens is 170 g/mol. The highest BCUT2D eigenvalue weighted by Gasteiger charge is 2.38. The minimum Gasteiger partial charge on any atom is -0.328 e. The number of thioether (sulfide) groups is 1. The summed E-state index contributed by atoms with van der Waals surface area (Å²) in [6, 6.07) is 1.17. The average Bonchev–Trinajstić information content (AvgIpc) is 2.35. The molecule has 12 heavy (non-hydrogen) atoms. The van der Waals surface area contributed by atoms with Crippen LogP contribution in [-0.2, 0) is 0 Å². The van der Waals surface area contributed by atoms with Gasteiger partial charge in [-0.3, -0.25) is 4.79 Å². The van der Waals surface area contributed by atoms with Crippen LogP contribution in [0.3, 0.4) is 0 Å². The fourth-order valence-corrected chi connectivity index (χ4v) is 3.03. The molecule has 3 heteroatoms. The van der Waals surface area contributed by atoms with Crippen LogP contribution in [0.1, 0.15) is 32.1 Å². The second-order valence-corrected chi connectivity index (χ2v) is 4.45. The Bertz CT molecular complexity index is 179. The van der Waals surface area contributed by atoms with Crippen molar-refractivity contribution in [1.82, 2.24) is 4.90 Å². The molecule has 2 atom stereocenters. The summed E-state index contributed by atoms with van der Waals surface area (Å²) in [6.45, 7) is 0. The molecule has 1 amide bonds. The Labute approximate surface area is 77.7 Å². The number of amides is 1. The van der Waals surface area contributed by atoms with Crippen molar-refractivity contribution in [3.63, 3.8) is 0 Å². The zero-order valence-electron chi connectivity index (χ0n) is 7.45. The minimum atomic E-state index is 0.294. The maximum Gasteiger partial charge on any atom is 0.281 e. The molecule has 0 radical (unpaired) electrons. The van der Waals surface area contributed by atoms with Crippen molar-refractivity contribution in [3.05, 3.63) is 0 Å². The quantitative estimate of drug-likeness (QED) is 0.578. The summed E-state index contributed by atoms with van der Waals surface area (Å²) < 4.78 is 0. The summed E-state index contributed by atoms with van der Waals surface area (Å²) in [5, 5.41) is 0.294. The van der Waals surface area contributed by atoms with Gasteiger partial charge in [0.25, 0.3) is 5.24 Å². The number of piperidine rings is 1. The van der Waals surface area contributed by atoms with Crippen LogP contribution in [-0.4, -0.2) is 28.5 Å². The summed E-state index contributed by atoms with van der Waals surface area (Å²) >= 11 is 1.37. The first kappa shape index (κ1) is 8.42. The van der Waals surface area contributed by atoms with Crippen LogP contribution in [0.15, 0.2) is 0 Å². The monoisotopic (exact) mass is 185 g/mol. The van der Waals surface area contributed by atoms with E-state index in [0.717, 1.165) is 0 Å². The first-order valence-electron chi connectivity index (χ1n) is 4.69. The van der Waals surface area contributed by atoms with Gasteiger partial charge in [-0.15, -0.1) is 0 Å². The molecule has 2 nitrogen and oxygen atoms in total. The van der Waals surface area contributed by atoms with Crippen LogP contribution >= 0.6 is 11.8 Å². The number of hydrogen-bond acceptors (Lipinski definition) is 2. The van der Waals surface area contributed by atoms with Gasteiger partial charge in [-0.2, -0.15) is 0 Å². The van der Waals surface area contributed by atoms with Crippen molar-refractivity contribution < 1.29 is 4.79 Å².